The van der Waals surface area contributed by atoms with Crippen molar-refractivity contribution < 1.29 is 27.4 Å². The van der Waals surface area contributed by atoms with Crippen molar-refractivity contribution in [2.24, 2.45) is 0 Å². The summed E-state index contributed by atoms with van der Waals surface area (Å²) in [5, 5.41) is 19.8. The molecule has 0 unspecified atom stereocenters. The summed E-state index contributed by atoms with van der Waals surface area (Å²) in [5.74, 6) is -9.43. The number of aliphatic hydroxyl groups is 1. The van der Waals surface area contributed by atoms with E-state index in [9.17, 15) is 22.7 Å². The summed E-state index contributed by atoms with van der Waals surface area (Å²) in [7, 11) is 0. The highest BCUT2D eigenvalue weighted by atomic mass is 19.3. The molecular formula is C21H14F4N2O2. The minimum Gasteiger partial charge on any atom is -0.458 e. The van der Waals surface area contributed by atoms with Gasteiger partial charge in [-0.25, -0.2) is 4.85 Å². The molecule has 4 nitrogen and oxygen atoms in total. The first kappa shape index (κ1) is 19.2. The first-order chi connectivity index (χ1) is 13.6. The van der Waals surface area contributed by atoms with Crippen LogP contribution >= 0.6 is 0 Å². The van der Waals surface area contributed by atoms with Crippen LogP contribution in [0.4, 0.5) is 23.2 Å². The number of halogens is 4. The van der Waals surface area contributed by atoms with E-state index in [4.69, 9.17) is 16.6 Å². The SMILES string of the molecule is [C-]#[N+]c1cc(C#N)cc(Oc2ccc3c4c2[C@H](C)CC[C@]4(O)C(F)(F)C3(F)F)c1. The molecule has 148 valence electrons. The van der Waals surface area contributed by atoms with Crippen LogP contribution in [0.3, 0.4) is 0 Å². The van der Waals surface area contributed by atoms with Crippen LogP contribution in [0.2, 0.25) is 0 Å². The first-order valence-corrected chi connectivity index (χ1v) is 8.83. The van der Waals surface area contributed by atoms with Crippen LogP contribution in [-0.4, -0.2) is 11.0 Å². The highest BCUT2D eigenvalue weighted by Gasteiger charge is 2.77. The smallest absolute Gasteiger partial charge is 0.346 e. The lowest BCUT2D eigenvalue weighted by Gasteiger charge is -2.38. The Labute approximate surface area is 163 Å². The van der Waals surface area contributed by atoms with E-state index in [1.165, 1.54) is 24.3 Å². The fourth-order valence-corrected chi connectivity index (χ4v) is 4.22. The standard InChI is InChI=1S/C21H14F4N2O2/c1-11-5-6-19(28)18-15(20(22,23)21(19,24)25)3-4-16(17(11)18)29-14-8-12(10-26)7-13(9-14)27-2/h3-4,7-9,11,28H,5-6H2,1H3/t11-,19-/m1/s1. The van der Waals surface area contributed by atoms with E-state index in [1.54, 1.807) is 6.92 Å². The second-order valence-electron chi connectivity index (χ2n) is 7.39. The Morgan fingerprint density at radius 1 is 1.24 bits per heavy atom. The summed E-state index contributed by atoms with van der Waals surface area (Å²) in [6.07, 6.45) is -0.424. The number of nitriles is 1. The maximum Gasteiger partial charge on any atom is 0.346 e. The van der Waals surface area contributed by atoms with Crippen molar-refractivity contribution in [3.8, 4) is 17.6 Å². The number of ether oxygens (including phenoxy) is 1. The molecule has 0 saturated carbocycles. The number of nitrogens with zero attached hydrogens (tertiary/aromatic N) is 2. The Balaban J connectivity index is 1.91. The second kappa shape index (κ2) is 5.95. The van der Waals surface area contributed by atoms with Gasteiger partial charge in [-0.2, -0.15) is 22.8 Å². The molecule has 29 heavy (non-hydrogen) atoms. The summed E-state index contributed by atoms with van der Waals surface area (Å²) in [5.41, 5.74) is -3.97. The van der Waals surface area contributed by atoms with Crippen LogP contribution < -0.4 is 4.74 Å². The maximum absolute atomic E-state index is 14.6. The average Bonchev–Trinajstić information content (AvgIpc) is 2.81. The van der Waals surface area contributed by atoms with Gasteiger partial charge < -0.3 is 9.84 Å². The number of rotatable bonds is 2. The largest absolute Gasteiger partial charge is 0.458 e. The number of hydrogen-bond acceptors (Lipinski definition) is 3. The van der Waals surface area contributed by atoms with Crippen molar-refractivity contribution in [2.75, 3.05) is 0 Å². The van der Waals surface area contributed by atoms with E-state index in [-0.39, 0.29) is 34.7 Å². The molecule has 0 amide bonds. The third kappa shape index (κ3) is 2.39. The molecule has 2 aliphatic carbocycles. The van der Waals surface area contributed by atoms with Gasteiger partial charge in [0.25, 0.3) is 0 Å². The van der Waals surface area contributed by atoms with Gasteiger partial charge in [0, 0.05) is 22.3 Å². The molecule has 2 atom stereocenters. The van der Waals surface area contributed by atoms with E-state index in [1.807, 2.05) is 6.07 Å². The Kier molecular flexibility index (Phi) is 3.94. The molecule has 0 radical (unpaired) electrons. The Bertz CT molecular complexity index is 1080. The van der Waals surface area contributed by atoms with E-state index in [2.05, 4.69) is 4.85 Å². The van der Waals surface area contributed by atoms with Crippen LogP contribution in [-0.2, 0) is 11.5 Å². The number of hydrogen-bond donors (Lipinski definition) is 1. The molecule has 0 fully saturated rings. The molecule has 0 aromatic heterocycles. The molecule has 0 spiro atoms. The number of benzene rings is 2. The zero-order chi connectivity index (χ0) is 21.2. The summed E-state index contributed by atoms with van der Waals surface area (Å²) < 4.78 is 63.8. The topological polar surface area (TPSA) is 57.6 Å². The lowest BCUT2D eigenvalue weighted by Crippen LogP contribution is -2.50. The molecule has 2 aromatic carbocycles. The molecule has 2 aromatic rings. The zero-order valence-electron chi connectivity index (χ0n) is 15.1. The van der Waals surface area contributed by atoms with Gasteiger partial charge in [0.05, 0.1) is 12.6 Å². The lowest BCUT2D eigenvalue weighted by atomic mass is 9.74. The molecule has 0 saturated heterocycles. The van der Waals surface area contributed by atoms with Crippen molar-refractivity contribution in [1.29, 1.82) is 5.26 Å². The van der Waals surface area contributed by atoms with Gasteiger partial charge in [-0.3, -0.25) is 0 Å². The fourth-order valence-electron chi connectivity index (χ4n) is 4.22. The summed E-state index contributed by atoms with van der Waals surface area (Å²) in [4.78, 5) is 3.25. The van der Waals surface area contributed by atoms with Crippen LogP contribution in [0.25, 0.3) is 4.85 Å². The fraction of sp³-hybridized carbons (Fsp3) is 0.333. The minimum absolute atomic E-state index is 0.0360. The van der Waals surface area contributed by atoms with Crippen molar-refractivity contribution in [2.45, 2.75) is 43.1 Å². The number of alkyl halides is 4. The quantitative estimate of drug-likeness (QED) is 0.516. The van der Waals surface area contributed by atoms with E-state index in [0.29, 0.717) is 0 Å². The van der Waals surface area contributed by atoms with E-state index < -0.39 is 40.9 Å². The van der Waals surface area contributed by atoms with Crippen molar-refractivity contribution in [1.82, 2.24) is 0 Å². The Morgan fingerprint density at radius 3 is 2.62 bits per heavy atom. The summed E-state index contributed by atoms with van der Waals surface area (Å²) >= 11 is 0. The van der Waals surface area contributed by atoms with Gasteiger partial charge >= 0.3 is 11.8 Å². The van der Waals surface area contributed by atoms with Crippen LogP contribution in [0.1, 0.15) is 47.9 Å². The highest BCUT2D eigenvalue weighted by molar-refractivity contribution is 5.60. The van der Waals surface area contributed by atoms with Crippen molar-refractivity contribution in [3.05, 3.63) is 64.0 Å². The predicted octanol–water partition coefficient (Wildman–Crippen LogP) is 5.73. The molecular weight excluding hydrogens is 388 g/mol. The van der Waals surface area contributed by atoms with Crippen LogP contribution in [0.15, 0.2) is 30.3 Å². The molecule has 2 aliphatic rings. The van der Waals surface area contributed by atoms with Gasteiger partial charge in [-0.05, 0) is 49.1 Å². The third-order valence-corrected chi connectivity index (χ3v) is 5.68. The molecule has 0 aliphatic heterocycles. The molecule has 1 N–H and O–H groups in total. The van der Waals surface area contributed by atoms with Gasteiger partial charge in [0.15, 0.2) is 11.3 Å². The average molecular weight is 402 g/mol. The van der Waals surface area contributed by atoms with Crippen molar-refractivity contribution >= 4 is 5.69 Å². The normalized spacial score (nSPS) is 25.6. The predicted molar refractivity (Wildman–Crippen MR) is 94.3 cm³/mol. The van der Waals surface area contributed by atoms with Gasteiger partial charge in [0.1, 0.15) is 11.5 Å². The Hall–Kier alpha value is -3.10. The zero-order valence-corrected chi connectivity index (χ0v) is 15.1. The molecule has 0 bridgehead atoms. The minimum atomic E-state index is -4.65. The van der Waals surface area contributed by atoms with E-state index >= 15 is 0 Å². The van der Waals surface area contributed by atoms with Gasteiger partial charge in [0.2, 0.25) is 0 Å². The monoisotopic (exact) mass is 402 g/mol. The summed E-state index contributed by atoms with van der Waals surface area (Å²) in [6.45, 7) is 8.80. The summed E-state index contributed by atoms with van der Waals surface area (Å²) in [6, 6.07) is 7.98. The third-order valence-electron chi connectivity index (χ3n) is 5.68. The lowest BCUT2D eigenvalue weighted by molar-refractivity contribution is -0.289. The molecule has 0 heterocycles. The van der Waals surface area contributed by atoms with Gasteiger partial charge in [-0.1, -0.05) is 6.92 Å². The highest BCUT2D eigenvalue weighted by Crippen LogP contribution is 2.66. The maximum atomic E-state index is 14.6. The Morgan fingerprint density at radius 2 is 1.97 bits per heavy atom. The van der Waals surface area contributed by atoms with Crippen LogP contribution in [0, 0.1) is 17.9 Å². The van der Waals surface area contributed by atoms with Crippen molar-refractivity contribution in [3.63, 3.8) is 0 Å². The molecule has 8 heteroatoms. The molecule has 4 rings (SSSR count). The van der Waals surface area contributed by atoms with Gasteiger partial charge in [-0.15, -0.1) is 0 Å². The van der Waals surface area contributed by atoms with E-state index in [0.717, 1.165) is 6.07 Å². The second-order valence-corrected chi connectivity index (χ2v) is 7.39. The first-order valence-electron chi connectivity index (χ1n) is 8.83. The van der Waals surface area contributed by atoms with Crippen LogP contribution in [0.5, 0.6) is 11.5 Å².